The van der Waals surface area contributed by atoms with Crippen molar-refractivity contribution in [1.82, 2.24) is 11.0 Å². The third-order valence-electron chi connectivity index (χ3n) is 0.303. The first kappa shape index (κ1) is 8.94. The maximum absolute atomic E-state index is 5.10. The second-order valence-electron chi connectivity index (χ2n) is 1.03. The number of nitrogens with one attached hydrogen (secondary N) is 2. The molecule has 0 spiro atoms. The number of hydrogen-bond donors (Lipinski definition) is 4. The molecule has 0 aliphatic carbocycles. The molecular formula is C2H6N4OSe2. The molecule has 0 saturated carbocycles. The van der Waals surface area contributed by atoms with E-state index in [9.17, 15) is 0 Å². The Morgan fingerprint density at radius 2 is 1.44 bits per heavy atom. The van der Waals surface area contributed by atoms with Gasteiger partial charge in [0.05, 0.1) is 0 Å². The Hall–Kier alpha value is -0.0610. The molecule has 0 amide bonds. The van der Waals surface area contributed by atoms with Crippen LogP contribution in [-0.4, -0.2) is 40.5 Å². The summed E-state index contributed by atoms with van der Waals surface area (Å²) >= 11 is 4.94. The Bertz CT molecular complexity index is 112. The van der Waals surface area contributed by atoms with Crippen LogP contribution in [0.1, 0.15) is 0 Å². The van der Waals surface area contributed by atoms with E-state index in [1.54, 1.807) is 0 Å². The van der Waals surface area contributed by atoms with Gasteiger partial charge in [-0.25, -0.2) is 0 Å². The summed E-state index contributed by atoms with van der Waals surface area (Å²) in [5, 5.41) is 0. The Balaban J connectivity index is 3.10. The van der Waals surface area contributed by atoms with Crippen molar-refractivity contribution in [2.45, 2.75) is 0 Å². The van der Waals surface area contributed by atoms with E-state index in [-0.39, 0.29) is 0 Å². The van der Waals surface area contributed by atoms with Gasteiger partial charge in [0.2, 0.25) is 0 Å². The van der Waals surface area contributed by atoms with Crippen LogP contribution in [-0.2, 0) is 4.94 Å². The van der Waals surface area contributed by atoms with E-state index in [1.165, 1.54) is 0 Å². The average molecular weight is 260 g/mol. The molecule has 9 heavy (non-hydrogen) atoms. The molecule has 5 nitrogen and oxygen atoms in total. The molecule has 0 aromatic heterocycles. The van der Waals surface area contributed by atoms with E-state index >= 15 is 0 Å². The van der Waals surface area contributed by atoms with E-state index < -0.39 is 0 Å². The van der Waals surface area contributed by atoms with Gasteiger partial charge in [0, 0.05) is 0 Å². The SMILES string of the molecule is NC(=[Se])NONC(N)=[Se]. The number of nitrogens with two attached hydrogens (primary N) is 2. The van der Waals surface area contributed by atoms with Gasteiger partial charge in [-0.15, -0.1) is 0 Å². The van der Waals surface area contributed by atoms with E-state index in [0.717, 1.165) is 0 Å². The van der Waals surface area contributed by atoms with Crippen molar-refractivity contribution in [2.75, 3.05) is 0 Å². The predicted octanol–water partition coefficient (Wildman–Crippen LogP) is -3.56. The zero-order valence-corrected chi connectivity index (χ0v) is 7.81. The van der Waals surface area contributed by atoms with Gasteiger partial charge in [-0.2, -0.15) is 0 Å². The first-order chi connectivity index (χ1) is 4.13. The molecule has 6 N–H and O–H groups in total. The van der Waals surface area contributed by atoms with Crippen molar-refractivity contribution < 1.29 is 4.94 Å². The van der Waals surface area contributed by atoms with Crippen molar-refractivity contribution in [3.05, 3.63) is 0 Å². The molecule has 52 valence electrons. The minimum atomic E-state index is 0.323. The normalized spacial score (nSPS) is 8.00. The quantitative estimate of drug-likeness (QED) is 0.310. The Morgan fingerprint density at radius 3 is 1.67 bits per heavy atom. The molecule has 0 unspecified atom stereocenters. The van der Waals surface area contributed by atoms with E-state index in [1.807, 2.05) is 0 Å². The third-order valence-corrected chi connectivity index (χ3v) is 0.653. The summed E-state index contributed by atoms with van der Waals surface area (Å²) in [7, 11) is 0. The topological polar surface area (TPSA) is 85.3 Å². The van der Waals surface area contributed by atoms with Gasteiger partial charge in [-0.05, 0) is 0 Å². The average Bonchev–Trinajstić information content (AvgIpc) is 1.63. The number of rotatable bonds is 4. The zero-order chi connectivity index (χ0) is 7.28. The van der Waals surface area contributed by atoms with Crippen molar-refractivity contribution in [2.24, 2.45) is 11.5 Å². The van der Waals surface area contributed by atoms with Crippen LogP contribution in [0.5, 0.6) is 0 Å². The summed E-state index contributed by atoms with van der Waals surface area (Å²) in [5.74, 6) is 0. The van der Waals surface area contributed by atoms with E-state index in [2.05, 4.69) is 47.0 Å². The number of hydrogen-bond acceptors (Lipinski definition) is 5. The molecule has 0 rings (SSSR count). The molecule has 0 saturated heterocycles. The summed E-state index contributed by atoms with van der Waals surface area (Å²) < 4.78 is 0.646. The summed E-state index contributed by atoms with van der Waals surface area (Å²) in [6.07, 6.45) is 0. The van der Waals surface area contributed by atoms with Gasteiger partial charge < -0.3 is 0 Å². The first-order valence-corrected chi connectivity index (χ1v) is 3.61. The summed E-state index contributed by atoms with van der Waals surface area (Å²) in [6, 6.07) is 0. The van der Waals surface area contributed by atoms with Crippen molar-refractivity contribution >= 4 is 40.5 Å². The Labute approximate surface area is 68.1 Å². The van der Waals surface area contributed by atoms with Gasteiger partial charge in [-0.3, -0.25) is 0 Å². The maximum atomic E-state index is 5.10. The summed E-state index contributed by atoms with van der Waals surface area (Å²) in [4.78, 5) is 4.47. The van der Waals surface area contributed by atoms with Crippen LogP contribution in [0.3, 0.4) is 0 Å². The molecule has 0 atom stereocenters. The van der Waals surface area contributed by atoms with Crippen LogP contribution in [0.2, 0.25) is 0 Å². The van der Waals surface area contributed by atoms with Gasteiger partial charge in [0.25, 0.3) is 0 Å². The van der Waals surface area contributed by atoms with Crippen molar-refractivity contribution in [1.29, 1.82) is 0 Å². The fraction of sp³-hybridized carbons (Fsp3) is 0. The molecule has 0 fully saturated rings. The fourth-order valence-electron chi connectivity index (χ4n) is 0.126. The zero-order valence-electron chi connectivity index (χ0n) is 4.38. The molecule has 0 aromatic carbocycles. The van der Waals surface area contributed by atoms with Crippen LogP contribution in [0, 0.1) is 0 Å². The van der Waals surface area contributed by atoms with Gasteiger partial charge >= 0.3 is 67.8 Å². The van der Waals surface area contributed by atoms with Crippen LogP contribution in [0.15, 0.2) is 0 Å². The van der Waals surface area contributed by atoms with E-state index in [4.69, 9.17) is 11.5 Å². The fourth-order valence-corrected chi connectivity index (χ4v) is 0.301. The van der Waals surface area contributed by atoms with E-state index in [0.29, 0.717) is 9.33 Å². The standard InChI is InChI=1S/C2H6N4OSe2/c3-1(8)5-7-6-2(4)9/h(H3,3,5,8)(H3,4,6,9). The molecule has 0 aliphatic heterocycles. The summed E-state index contributed by atoms with van der Waals surface area (Å²) in [5.41, 5.74) is 14.8. The monoisotopic (exact) mass is 262 g/mol. The molecule has 0 aliphatic rings. The molecule has 0 aromatic rings. The van der Waals surface area contributed by atoms with Gasteiger partial charge in [0.15, 0.2) is 0 Å². The van der Waals surface area contributed by atoms with Crippen LogP contribution in [0.4, 0.5) is 0 Å². The molecule has 0 bridgehead atoms. The molecular weight excluding hydrogens is 254 g/mol. The van der Waals surface area contributed by atoms with Crippen LogP contribution >= 0.6 is 0 Å². The third kappa shape index (κ3) is 7.94. The van der Waals surface area contributed by atoms with Crippen LogP contribution < -0.4 is 22.4 Å². The first-order valence-electron chi connectivity index (χ1n) is 1.89. The Kier molecular flexibility index (Phi) is 4.75. The predicted molar refractivity (Wildman–Crippen MR) is 37.3 cm³/mol. The Morgan fingerprint density at radius 1 is 1.11 bits per heavy atom. The van der Waals surface area contributed by atoms with Crippen LogP contribution in [0.25, 0.3) is 0 Å². The van der Waals surface area contributed by atoms with Gasteiger partial charge in [-0.1, -0.05) is 0 Å². The van der Waals surface area contributed by atoms with Crippen molar-refractivity contribution in [3.63, 3.8) is 0 Å². The minimum absolute atomic E-state index is 0.323. The number of hydroxylamine groups is 2. The molecule has 7 heteroatoms. The summed E-state index contributed by atoms with van der Waals surface area (Å²) in [6.45, 7) is 0. The molecule has 0 heterocycles. The van der Waals surface area contributed by atoms with Gasteiger partial charge in [0.1, 0.15) is 0 Å². The van der Waals surface area contributed by atoms with Crippen molar-refractivity contribution in [3.8, 4) is 0 Å². The molecule has 0 radical (unpaired) electrons. The second kappa shape index (κ2) is 4.78. The second-order valence-corrected chi connectivity index (χ2v) is 2.88.